The number of rotatable bonds is 6. The molecule has 1 amide bonds. The number of amides is 1. The molecule has 0 aliphatic carbocycles. The number of likely N-dealkylation sites (tertiary alicyclic amines) is 1. The normalized spacial score (nSPS) is 25.9. The van der Waals surface area contributed by atoms with E-state index in [0.29, 0.717) is 18.4 Å². The van der Waals surface area contributed by atoms with Gasteiger partial charge in [0.05, 0.1) is 0 Å². The van der Waals surface area contributed by atoms with Crippen LogP contribution in [0.3, 0.4) is 0 Å². The molecular formula is C14H29Cl2N3O. The maximum Gasteiger partial charge on any atom is 0.220 e. The number of nitrogens with zero attached hydrogens (tertiary/aromatic N) is 1. The summed E-state index contributed by atoms with van der Waals surface area (Å²) in [4.78, 5) is 14.2. The molecule has 0 saturated carbocycles. The summed E-state index contributed by atoms with van der Waals surface area (Å²) in [5.41, 5.74) is 0. The van der Waals surface area contributed by atoms with Gasteiger partial charge in [-0.3, -0.25) is 4.79 Å². The van der Waals surface area contributed by atoms with Crippen LogP contribution in [0.5, 0.6) is 0 Å². The molecule has 2 aliphatic rings. The fourth-order valence-corrected chi connectivity index (χ4v) is 3.02. The summed E-state index contributed by atoms with van der Waals surface area (Å²) in [6.07, 6.45) is 5.42. The Hall–Kier alpha value is -0.0300. The molecule has 2 unspecified atom stereocenters. The Morgan fingerprint density at radius 3 is 2.75 bits per heavy atom. The van der Waals surface area contributed by atoms with E-state index in [1.165, 1.54) is 25.8 Å². The van der Waals surface area contributed by atoms with Crippen LogP contribution >= 0.6 is 24.8 Å². The summed E-state index contributed by atoms with van der Waals surface area (Å²) >= 11 is 0. The molecule has 4 nitrogen and oxygen atoms in total. The SMILES string of the molecule is CCN1CCC(CNC(=O)CCC2CCCN2)C1.Cl.Cl. The van der Waals surface area contributed by atoms with Crippen LogP contribution in [-0.2, 0) is 4.79 Å². The number of carbonyl (C=O) groups is 1. The number of hydrogen-bond donors (Lipinski definition) is 2. The van der Waals surface area contributed by atoms with Gasteiger partial charge in [-0.25, -0.2) is 0 Å². The maximum absolute atomic E-state index is 11.8. The summed E-state index contributed by atoms with van der Waals surface area (Å²) in [6.45, 7) is 7.69. The Morgan fingerprint density at radius 1 is 1.35 bits per heavy atom. The number of carbonyl (C=O) groups excluding carboxylic acids is 1. The molecule has 0 aromatic rings. The molecule has 0 aromatic heterocycles. The van der Waals surface area contributed by atoms with Gasteiger partial charge in [-0.15, -0.1) is 24.8 Å². The lowest BCUT2D eigenvalue weighted by atomic mass is 10.1. The monoisotopic (exact) mass is 325 g/mol. The van der Waals surface area contributed by atoms with Crippen molar-refractivity contribution in [3.05, 3.63) is 0 Å². The molecule has 2 N–H and O–H groups in total. The van der Waals surface area contributed by atoms with E-state index in [2.05, 4.69) is 22.5 Å². The standard InChI is InChI=1S/C14H27N3O.2ClH/c1-2-17-9-7-12(11-17)10-16-14(18)6-5-13-4-3-8-15-13;;/h12-13,15H,2-11H2,1H3,(H,16,18);2*1H. The Kier molecular flexibility index (Phi) is 10.6. The molecule has 0 radical (unpaired) electrons. The second-order valence-electron chi connectivity index (χ2n) is 5.68. The molecule has 120 valence electrons. The van der Waals surface area contributed by atoms with Gasteiger partial charge >= 0.3 is 0 Å². The van der Waals surface area contributed by atoms with Crippen LogP contribution in [0.4, 0.5) is 0 Å². The molecule has 2 rings (SSSR count). The van der Waals surface area contributed by atoms with Crippen molar-refractivity contribution in [2.24, 2.45) is 5.92 Å². The topological polar surface area (TPSA) is 44.4 Å². The van der Waals surface area contributed by atoms with Gasteiger partial charge in [-0.1, -0.05) is 6.92 Å². The highest BCUT2D eigenvalue weighted by molar-refractivity contribution is 5.85. The van der Waals surface area contributed by atoms with Crippen molar-refractivity contribution in [3.63, 3.8) is 0 Å². The average molecular weight is 326 g/mol. The lowest BCUT2D eigenvalue weighted by Gasteiger charge is -2.14. The summed E-state index contributed by atoms with van der Waals surface area (Å²) in [5.74, 6) is 0.900. The largest absolute Gasteiger partial charge is 0.356 e. The summed E-state index contributed by atoms with van der Waals surface area (Å²) in [6, 6.07) is 0.581. The summed E-state index contributed by atoms with van der Waals surface area (Å²) < 4.78 is 0. The summed E-state index contributed by atoms with van der Waals surface area (Å²) in [5, 5.41) is 6.54. The molecule has 2 saturated heterocycles. The minimum atomic E-state index is 0. The predicted octanol–water partition coefficient (Wildman–Crippen LogP) is 1.82. The third-order valence-corrected chi connectivity index (χ3v) is 4.29. The highest BCUT2D eigenvalue weighted by Crippen LogP contribution is 2.15. The van der Waals surface area contributed by atoms with Crippen molar-refractivity contribution < 1.29 is 4.79 Å². The molecule has 2 atom stereocenters. The van der Waals surface area contributed by atoms with Crippen LogP contribution in [0, 0.1) is 5.92 Å². The van der Waals surface area contributed by atoms with Crippen LogP contribution in [0.25, 0.3) is 0 Å². The van der Waals surface area contributed by atoms with Crippen molar-refractivity contribution in [1.29, 1.82) is 0 Å². The molecule has 2 aliphatic heterocycles. The lowest BCUT2D eigenvalue weighted by molar-refractivity contribution is -0.121. The van der Waals surface area contributed by atoms with Crippen LogP contribution < -0.4 is 10.6 Å². The van der Waals surface area contributed by atoms with Crippen molar-refractivity contribution >= 4 is 30.7 Å². The second kappa shape index (κ2) is 10.7. The second-order valence-corrected chi connectivity index (χ2v) is 5.68. The van der Waals surface area contributed by atoms with Gasteiger partial charge in [-0.05, 0) is 51.2 Å². The third-order valence-electron chi connectivity index (χ3n) is 4.29. The number of hydrogen-bond acceptors (Lipinski definition) is 3. The number of halogens is 2. The molecular weight excluding hydrogens is 297 g/mol. The summed E-state index contributed by atoms with van der Waals surface area (Å²) in [7, 11) is 0. The quantitative estimate of drug-likeness (QED) is 0.783. The lowest BCUT2D eigenvalue weighted by Crippen LogP contribution is -2.32. The third kappa shape index (κ3) is 6.61. The molecule has 6 heteroatoms. The predicted molar refractivity (Wildman–Crippen MR) is 88.0 cm³/mol. The minimum Gasteiger partial charge on any atom is -0.356 e. The van der Waals surface area contributed by atoms with Crippen molar-refractivity contribution in [2.45, 2.75) is 45.1 Å². The Morgan fingerprint density at radius 2 is 2.15 bits per heavy atom. The molecule has 2 heterocycles. The zero-order chi connectivity index (χ0) is 12.8. The van der Waals surface area contributed by atoms with Crippen LogP contribution in [0.15, 0.2) is 0 Å². The van der Waals surface area contributed by atoms with E-state index in [-0.39, 0.29) is 30.7 Å². The van der Waals surface area contributed by atoms with Gasteiger partial charge in [-0.2, -0.15) is 0 Å². The van der Waals surface area contributed by atoms with E-state index in [1.54, 1.807) is 0 Å². The van der Waals surface area contributed by atoms with Crippen molar-refractivity contribution in [1.82, 2.24) is 15.5 Å². The van der Waals surface area contributed by atoms with E-state index >= 15 is 0 Å². The molecule has 0 bridgehead atoms. The van der Waals surface area contributed by atoms with Crippen LogP contribution in [0.1, 0.15) is 39.0 Å². The molecule has 0 spiro atoms. The van der Waals surface area contributed by atoms with E-state index in [0.717, 1.165) is 32.6 Å². The Bertz CT molecular complexity index is 273. The molecule has 20 heavy (non-hydrogen) atoms. The zero-order valence-electron chi connectivity index (χ0n) is 12.4. The average Bonchev–Trinajstić information content (AvgIpc) is 3.04. The smallest absolute Gasteiger partial charge is 0.220 e. The molecule has 0 aromatic carbocycles. The van der Waals surface area contributed by atoms with Gasteiger partial charge in [0.15, 0.2) is 0 Å². The first-order valence-corrected chi connectivity index (χ1v) is 7.50. The Labute approximate surface area is 135 Å². The van der Waals surface area contributed by atoms with Gasteiger partial charge in [0.25, 0.3) is 0 Å². The van der Waals surface area contributed by atoms with Crippen molar-refractivity contribution in [3.8, 4) is 0 Å². The molecule has 2 fully saturated rings. The zero-order valence-corrected chi connectivity index (χ0v) is 14.0. The van der Waals surface area contributed by atoms with Gasteiger partial charge in [0, 0.05) is 25.6 Å². The Balaban J connectivity index is 0.00000180. The highest BCUT2D eigenvalue weighted by Gasteiger charge is 2.21. The fourth-order valence-electron chi connectivity index (χ4n) is 3.02. The van der Waals surface area contributed by atoms with Crippen molar-refractivity contribution in [2.75, 3.05) is 32.7 Å². The van der Waals surface area contributed by atoms with Gasteiger partial charge in [0.1, 0.15) is 0 Å². The highest BCUT2D eigenvalue weighted by atomic mass is 35.5. The minimum absolute atomic E-state index is 0. The fraction of sp³-hybridized carbons (Fsp3) is 0.929. The number of nitrogens with one attached hydrogen (secondary N) is 2. The first-order valence-electron chi connectivity index (χ1n) is 7.50. The van der Waals surface area contributed by atoms with Crippen LogP contribution in [0.2, 0.25) is 0 Å². The van der Waals surface area contributed by atoms with Gasteiger partial charge in [0.2, 0.25) is 5.91 Å². The first-order chi connectivity index (χ1) is 8.78. The van der Waals surface area contributed by atoms with E-state index in [1.807, 2.05) is 0 Å². The van der Waals surface area contributed by atoms with E-state index in [4.69, 9.17) is 0 Å². The van der Waals surface area contributed by atoms with Gasteiger partial charge < -0.3 is 15.5 Å². The first kappa shape index (κ1) is 20.0. The van der Waals surface area contributed by atoms with Crippen LogP contribution in [-0.4, -0.2) is 49.6 Å². The van der Waals surface area contributed by atoms with E-state index < -0.39 is 0 Å². The maximum atomic E-state index is 11.8. The van der Waals surface area contributed by atoms with E-state index in [9.17, 15) is 4.79 Å².